The Kier molecular flexibility index (Phi) is 8.06. The second-order valence-corrected chi connectivity index (χ2v) is 10.1. The molecule has 0 atom stereocenters. The number of thiophene rings is 1. The number of nitrogens with one attached hydrogen (secondary N) is 1. The van der Waals surface area contributed by atoms with Gasteiger partial charge in [-0.05, 0) is 37.3 Å². The maximum Gasteiger partial charge on any atom is 0.266 e. The summed E-state index contributed by atoms with van der Waals surface area (Å²) in [6.07, 6.45) is 0. The predicted molar refractivity (Wildman–Crippen MR) is 128 cm³/mol. The molecule has 0 saturated carbocycles. The normalized spacial score (nSPS) is 11.8. The van der Waals surface area contributed by atoms with Crippen molar-refractivity contribution in [1.82, 2.24) is 4.31 Å². The van der Waals surface area contributed by atoms with Gasteiger partial charge >= 0.3 is 0 Å². The topological polar surface area (TPSA) is 84.9 Å². The van der Waals surface area contributed by atoms with Crippen molar-refractivity contribution in [3.05, 3.63) is 52.7 Å². The Morgan fingerprint density at radius 3 is 2.52 bits per heavy atom. The van der Waals surface area contributed by atoms with Crippen LogP contribution in [-0.4, -0.2) is 45.4 Å². The van der Waals surface area contributed by atoms with Crippen LogP contribution in [0.15, 0.2) is 41.3 Å². The average Bonchev–Trinajstić information content (AvgIpc) is 3.16. The largest absolute Gasteiger partial charge is 0.492 e. The monoisotopic (exact) mass is 494 g/mol. The van der Waals surface area contributed by atoms with Gasteiger partial charge in [-0.2, -0.15) is 4.31 Å². The lowest BCUT2D eigenvalue weighted by atomic mass is 10.1. The maximum atomic E-state index is 14.5. The Morgan fingerprint density at radius 1 is 1.15 bits per heavy atom. The van der Waals surface area contributed by atoms with E-state index in [0.717, 1.165) is 11.3 Å². The number of methoxy groups -OCH3 is 1. The van der Waals surface area contributed by atoms with Crippen LogP contribution >= 0.6 is 11.3 Å². The third-order valence-electron chi connectivity index (χ3n) is 5.08. The van der Waals surface area contributed by atoms with Crippen molar-refractivity contribution in [3.8, 4) is 5.75 Å². The van der Waals surface area contributed by atoms with Crippen LogP contribution in [-0.2, 0) is 21.4 Å². The van der Waals surface area contributed by atoms with E-state index in [4.69, 9.17) is 9.47 Å². The van der Waals surface area contributed by atoms with Crippen LogP contribution in [0.25, 0.3) is 10.1 Å². The molecule has 0 saturated heterocycles. The minimum absolute atomic E-state index is 0.0228. The standard InChI is InChI=1S/C23H27FN2O5S2/c1-5-26(6-2)33(28,29)20-13-15(11-12-18(20)31-7-3)25-23(27)22-16(14-30-4)21-17(24)9-8-10-19(21)32-22/h8-13H,5-7,14H2,1-4H3,(H,25,27). The van der Waals surface area contributed by atoms with E-state index >= 15 is 0 Å². The van der Waals surface area contributed by atoms with E-state index in [9.17, 15) is 17.6 Å². The lowest BCUT2D eigenvalue weighted by Crippen LogP contribution is -2.31. The molecule has 0 aliphatic heterocycles. The molecule has 3 rings (SSSR count). The van der Waals surface area contributed by atoms with Crippen LogP contribution < -0.4 is 10.1 Å². The molecule has 1 heterocycles. The summed E-state index contributed by atoms with van der Waals surface area (Å²) in [5.41, 5.74) is 0.741. The highest BCUT2D eigenvalue weighted by molar-refractivity contribution is 7.89. The number of carbonyl (C=O) groups is 1. The molecule has 0 radical (unpaired) electrons. The van der Waals surface area contributed by atoms with Gasteiger partial charge in [0, 0.05) is 41.5 Å². The van der Waals surface area contributed by atoms with Crippen LogP contribution in [0.3, 0.4) is 0 Å². The van der Waals surface area contributed by atoms with Gasteiger partial charge in [-0.15, -0.1) is 11.3 Å². The van der Waals surface area contributed by atoms with Gasteiger partial charge in [0.05, 0.1) is 18.1 Å². The number of sulfonamides is 1. The Labute approximate surface area is 197 Å². The Bertz CT molecular complexity index is 1250. The van der Waals surface area contributed by atoms with Gasteiger partial charge in [0.2, 0.25) is 10.0 Å². The van der Waals surface area contributed by atoms with Gasteiger partial charge in [-0.3, -0.25) is 4.79 Å². The number of rotatable bonds is 10. The van der Waals surface area contributed by atoms with E-state index in [1.165, 1.54) is 29.6 Å². The van der Waals surface area contributed by atoms with E-state index < -0.39 is 21.7 Å². The zero-order valence-electron chi connectivity index (χ0n) is 19.0. The fourth-order valence-electron chi connectivity index (χ4n) is 3.59. The van der Waals surface area contributed by atoms with Crippen molar-refractivity contribution in [2.45, 2.75) is 32.3 Å². The molecule has 2 aromatic carbocycles. The van der Waals surface area contributed by atoms with Crippen molar-refractivity contribution in [1.29, 1.82) is 0 Å². The van der Waals surface area contributed by atoms with E-state index in [1.807, 2.05) is 0 Å². The van der Waals surface area contributed by atoms with Gasteiger partial charge in [0.25, 0.3) is 5.91 Å². The van der Waals surface area contributed by atoms with E-state index in [1.54, 1.807) is 39.0 Å². The first-order chi connectivity index (χ1) is 15.8. The molecule has 0 unspecified atom stereocenters. The second-order valence-electron chi connectivity index (χ2n) is 7.09. The predicted octanol–water partition coefficient (Wildman–Crippen LogP) is 4.87. The molecule has 7 nitrogen and oxygen atoms in total. The highest BCUT2D eigenvalue weighted by Crippen LogP contribution is 2.35. The van der Waals surface area contributed by atoms with Crippen LogP contribution in [0.2, 0.25) is 0 Å². The Balaban J connectivity index is 2.03. The molecule has 0 aliphatic rings. The van der Waals surface area contributed by atoms with E-state index in [2.05, 4.69) is 5.32 Å². The van der Waals surface area contributed by atoms with Crippen molar-refractivity contribution in [2.75, 3.05) is 32.1 Å². The van der Waals surface area contributed by atoms with Gasteiger partial charge in [0.15, 0.2) is 0 Å². The number of fused-ring (bicyclic) bond motifs is 1. The summed E-state index contributed by atoms with van der Waals surface area (Å²) in [7, 11) is -2.35. The molecule has 1 N–H and O–H groups in total. The molecule has 33 heavy (non-hydrogen) atoms. The van der Waals surface area contributed by atoms with Crippen molar-refractivity contribution >= 4 is 43.0 Å². The first-order valence-electron chi connectivity index (χ1n) is 10.6. The minimum atomic E-state index is -3.83. The van der Waals surface area contributed by atoms with Gasteiger partial charge in [0.1, 0.15) is 16.5 Å². The highest BCUT2D eigenvalue weighted by Gasteiger charge is 2.27. The molecule has 178 valence electrons. The van der Waals surface area contributed by atoms with Crippen LogP contribution in [0.1, 0.15) is 36.0 Å². The number of amides is 1. The minimum Gasteiger partial charge on any atom is -0.492 e. The quantitative estimate of drug-likeness (QED) is 0.435. The number of nitrogens with zero attached hydrogens (tertiary/aromatic N) is 1. The Hall–Kier alpha value is -2.53. The summed E-state index contributed by atoms with van der Waals surface area (Å²) in [6, 6.07) is 9.16. The molecular formula is C23H27FN2O5S2. The lowest BCUT2D eigenvalue weighted by Gasteiger charge is -2.21. The van der Waals surface area contributed by atoms with Crippen LogP contribution in [0, 0.1) is 5.82 Å². The summed E-state index contributed by atoms with van der Waals surface area (Å²) < 4.78 is 53.5. The second kappa shape index (κ2) is 10.6. The van der Waals surface area contributed by atoms with Crippen LogP contribution in [0.4, 0.5) is 10.1 Å². The van der Waals surface area contributed by atoms with Gasteiger partial charge in [-0.1, -0.05) is 19.9 Å². The maximum absolute atomic E-state index is 14.5. The fraction of sp³-hybridized carbons (Fsp3) is 0.348. The van der Waals surface area contributed by atoms with Gasteiger partial charge in [-0.25, -0.2) is 12.8 Å². The van der Waals surface area contributed by atoms with Gasteiger partial charge < -0.3 is 14.8 Å². The number of benzene rings is 2. The summed E-state index contributed by atoms with van der Waals surface area (Å²) in [4.78, 5) is 13.4. The lowest BCUT2D eigenvalue weighted by molar-refractivity contribution is 0.102. The molecule has 0 bridgehead atoms. The number of carbonyl (C=O) groups excluding carboxylic acids is 1. The first kappa shape index (κ1) is 25.1. The summed E-state index contributed by atoms with van der Waals surface area (Å²) in [6.45, 7) is 6.23. The fourth-order valence-corrected chi connectivity index (χ4v) is 6.32. The third kappa shape index (κ3) is 5.03. The first-order valence-corrected chi connectivity index (χ1v) is 12.8. The highest BCUT2D eigenvalue weighted by atomic mass is 32.2. The number of anilines is 1. The number of ether oxygens (including phenoxy) is 2. The Morgan fingerprint density at radius 2 is 1.88 bits per heavy atom. The van der Waals surface area contributed by atoms with Crippen molar-refractivity contribution in [2.24, 2.45) is 0 Å². The number of hydrogen-bond donors (Lipinski definition) is 1. The van der Waals surface area contributed by atoms with Crippen molar-refractivity contribution < 1.29 is 27.1 Å². The molecule has 0 spiro atoms. The molecule has 0 fully saturated rings. The third-order valence-corrected chi connectivity index (χ3v) is 8.35. The molecule has 3 aromatic rings. The van der Waals surface area contributed by atoms with Crippen LogP contribution in [0.5, 0.6) is 5.75 Å². The average molecular weight is 495 g/mol. The smallest absolute Gasteiger partial charge is 0.266 e. The number of hydrogen-bond acceptors (Lipinski definition) is 6. The molecule has 10 heteroatoms. The SMILES string of the molecule is CCOc1ccc(NC(=O)c2sc3cccc(F)c3c2COC)cc1S(=O)(=O)N(CC)CC. The molecular weight excluding hydrogens is 467 g/mol. The summed E-state index contributed by atoms with van der Waals surface area (Å²) in [5.74, 6) is -0.687. The zero-order valence-corrected chi connectivity index (χ0v) is 20.6. The summed E-state index contributed by atoms with van der Waals surface area (Å²) in [5, 5.41) is 3.10. The molecule has 1 amide bonds. The van der Waals surface area contributed by atoms with Crippen molar-refractivity contribution in [3.63, 3.8) is 0 Å². The zero-order chi connectivity index (χ0) is 24.2. The van der Waals surface area contributed by atoms with E-state index in [-0.39, 0.29) is 22.9 Å². The molecule has 1 aromatic heterocycles. The van der Waals surface area contributed by atoms with E-state index in [0.29, 0.717) is 40.2 Å². The number of halogens is 1. The molecule has 0 aliphatic carbocycles. The summed E-state index contributed by atoms with van der Waals surface area (Å²) >= 11 is 1.16.